The first kappa shape index (κ1) is 22.5. The monoisotopic (exact) mass is 429 g/mol. The van der Waals surface area contributed by atoms with E-state index in [-0.39, 0.29) is 30.3 Å². The first-order valence-corrected chi connectivity index (χ1v) is 12.0. The third kappa shape index (κ3) is 5.68. The molecule has 3 rings (SSSR count). The van der Waals surface area contributed by atoms with Gasteiger partial charge in [0.05, 0.1) is 4.90 Å². The van der Waals surface area contributed by atoms with Gasteiger partial charge in [-0.15, -0.1) is 0 Å². The van der Waals surface area contributed by atoms with E-state index in [4.69, 9.17) is 0 Å². The Balaban J connectivity index is 1.81. The van der Waals surface area contributed by atoms with Gasteiger partial charge < -0.3 is 10.2 Å². The van der Waals surface area contributed by atoms with Crippen LogP contribution in [0.4, 0.5) is 0 Å². The van der Waals surface area contributed by atoms with Crippen LogP contribution in [-0.4, -0.2) is 56.3 Å². The maximum absolute atomic E-state index is 13.4. The fourth-order valence-electron chi connectivity index (χ4n) is 3.64. The molecule has 0 atom stereocenters. The number of nitrogens with zero attached hydrogens (tertiary/aromatic N) is 2. The van der Waals surface area contributed by atoms with Gasteiger partial charge in [0.15, 0.2) is 0 Å². The number of amides is 1. The summed E-state index contributed by atoms with van der Waals surface area (Å²) in [4.78, 5) is 14.7. The fraction of sp³-hybridized carbons (Fsp3) is 0.435. The van der Waals surface area contributed by atoms with Gasteiger partial charge >= 0.3 is 0 Å². The van der Waals surface area contributed by atoms with Gasteiger partial charge in [0.1, 0.15) is 0 Å². The van der Waals surface area contributed by atoms with Gasteiger partial charge in [0.2, 0.25) is 15.9 Å². The van der Waals surface area contributed by atoms with Crippen molar-refractivity contribution in [3.63, 3.8) is 0 Å². The van der Waals surface area contributed by atoms with Gasteiger partial charge in [0.25, 0.3) is 0 Å². The van der Waals surface area contributed by atoms with Crippen molar-refractivity contribution in [2.75, 3.05) is 32.7 Å². The Kier molecular flexibility index (Phi) is 7.64. The van der Waals surface area contributed by atoms with E-state index in [0.29, 0.717) is 13.1 Å². The molecular formula is C23H31N3O3S. The standard InChI is InChI=1S/C23H31N3O3S/c1-3-20-7-9-22(10-8-20)30(28,29)26(18-21-6-4-5-19(2)17-21)14-11-23(27)25-15-12-24-13-16-25/h4-10,17,24H,3,11-16,18H2,1-2H3. The molecule has 2 aromatic rings. The zero-order chi connectivity index (χ0) is 21.6. The largest absolute Gasteiger partial charge is 0.340 e. The van der Waals surface area contributed by atoms with Crippen LogP contribution in [0.25, 0.3) is 0 Å². The minimum Gasteiger partial charge on any atom is -0.340 e. The van der Waals surface area contributed by atoms with E-state index in [2.05, 4.69) is 5.32 Å². The number of sulfonamides is 1. The van der Waals surface area contributed by atoms with Gasteiger partial charge in [-0.3, -0.25) is 4.79 Å². The Morgan fingerprint density at radius 2 is 1.77 bits per heavy atom. The highest BCUT2D eigenvalue weighted by Crippen LogP contribution is 2.20. The lowest BCUT2D eigenvalue weighted by atomic mass is 10.1. The highest BCUT2D eigenvalue weighted by Gasteiger charge is 2.26. The summed E-state index contributed by atoms with van der Waals surface area (Å²) in [5.74, 6) is 0.00210. The maximum atomic E-state index is 13.4. The predicted octanol–water partition coefficient (Wildman–Crippen LogP) is 2.57. The second kappa shape index (κ2) is 10.2. The quantitative estimate of drug-likeness (QED) is 0.700. The van der Waals surface area contributed by atoms with E-state index in [1.807, 2.05) is 55.1 Å². The van der Waals surface area contributed by atoms with Gasteiger partial charge in [-0.05, 0) is 36.6 Å². The van der Waals surface area contributed by atoms with Crippen LogP contribution in [0.5, 0.6) is 0 Å². The molecule has 0 radical (unpaired) electrons. The molecule has 1 aliphatic rings. The van der Waals surface area contributed by atoms with E-state index >= 15 is 0 Å². The normalized spacial score (nSPS) is 14.8. The molecule has 0 aromatic heterocycles. The SMILES string of the molecule is CCc1ccc(S(=O)(=O)N(CCC(=O)N2CCNCC2)Cc2cccc(C)c2)cc1. The predicted molar refractivity (Wildman–Crippen MR) is 119 cm³/mol. The summed E-state index contributed by atoms with van der Waals surface area (Å²) < 4.78 is 28.2. The summed E-state index contributed by atoms with van der Waals surface area (Å²) in [5.41, 5.74) is 3.08. The third-order valence-corrected chi connectivity index (χ3v) is 7.31. The summed E-state index contributed by atoms with van der Waals surface area (Å²) in [7, 11) is -3.71. The zero-order valence-electron chi connectivity index (χ0n) is 17.8. The summed E-state index contributed by atoms with van der Waals surface area (Å²) in [6.07, 6.45) is 1.03. The van der Waals surface area contributed by atoms with E-state index in [0.717, 1.165) is 36.2 Å². The Morgan fingerprint density at radius 1 is 1.07 bits per heavy atom. The molecule has 1 saturated heterocycles. The molecule has 1 heterocycles. The van der Waals surface area contributed by atoms with Crippen molar-refractivity contribution in [2.24, 2.45) is 0 Å². The molecule has 1 N–H and O–H groups in total. The van der Waals surface area contributed by atoms with Crippen LogP contribution >= 0.6 is 0 Å². The molecule has 0 bridgehead atoms. The van der Waals surface area contributed by atoms with Crippen LogP contribution in [0.15, 0.2) is 53.4 Å². The van der Waals surface area contributed by atoms with Gasteiger partial charge in [-0.25, -0.2) is 8.42 Å². The second-order valence-electron chi connectivity index (χ2n) is 7.71. The number of piperazine rings is 1. The van der Waals surface area contributed by atoms with Crippen LogP contribution < -0.4 is 5.32 Å². The number of benzene rings is 2. The maximum Gasteiger partial charge on any atom is 0.243 e. The van der Waals surface area contributed by atoms with E-state index in [1.54, 1.807) is 12.1 Å². The van der Waals surface area contributed by atoms with E-state index in [1.165, 1.54) is 4.31 Å². The molecule has 1 amide bonds. The van der Waals surface area contributed by atoms with Gasteiger partial charge in [0, 0.05) is 45.7 Å². The topological polar surface area (TPSA) is 69.7 Å². The lowest BCUT2D eigenvalue weighted by molar-refractivity contribution is -0.131. The van der Waals surface area contributed by atoms with Gasteiger partial charge in [-0.1, -0.05) is 48.9 Å². The Bertz CT molecular complexity index is 952. The Hall–Kier alpha value is -2.22. The molecule has 0 saturated carbocycles. The molecule has 30 heavy (non-hydrogen) atoms. The van der Waals surface area contributed by atoms with Crippen molar-refractivity contribution in [3.05, 3.63) is 65.2 Å². The fourth-order valence-corrected chi connectivity index (χ4v) is 5.07. The molecule has 0 spiro atoms. The van der Waals surface area contributed by atoms with Crippen LogP contribution in [0, 0.1) is 6.92 Å². The highest BCUT2D eigenvalue weighted by molar-refractivity contribution is 7.89. The molecule has 0 aliphatic carbocycles. The summed E-state index contributed by atoms with van der Waals surface area (Å²) in [6.45, 7) is 7.32. The van der Waals surface area contributed by atoms with Crippen molar-refractivity contribution in [2.45, 2.75) is 38.1 Å². The average molecular weight is 430 g/mol. The second-order valence-corrected chi connectivity index (χ2v) is 9.64. The molecule has 1 fully saturated rings. The van der Waals surface area contributed by atoms with E-state index in [9.17, 15) is 13.2 Å². The molecule has 0 unspecified atom stereocenters. The number of aryl methyl sites for hydroxylation is 2. The zero-order valence-corrected chi connectivity index (χ0v) is 18.6. The smallest absolute Gasteiger partial charge is 0.243 e. The minimum atomic E-state index is -3.71. The van der Waals surface area contributed by atoms with Crippen LogP contribution in [0.1, 0.15) is 30.0 Å². The van der Waals surface area contributed by atoms with Crippen LogP contribution in [0.3, 0.4) is 0 Å². The number of hydrogen-bond acceptors (Lipinski definition) is 4. The van der Waals surface area contributed by atoms with Crippen molar-refractivity contribution < 1.29 is 13.2 Å². The first-order valence-electron chi connectivity index (χ1n) is 10.5. The summed E-state index contributed by atoms with van der Waals surface area (Å²) in [6, 6.07) is 14.9. The minimum absolute atomic E-state index is 0.00210. The number of carbonyl (C=O) groups is 1. The number of hydrogen-bond donors (Lipinski definition) is 1. The van der Waals surface area contributed by atoms with Crippen LogP contribution in [-0.2, 0) is 27.8 Å². The summed E-state index contributed by atoms with van der Waals surface area (Å²) in [5, 5.41) is 3.23. The first-order chi connectivity index (χ1) is 14.4. The molecule has 1 aliphatic heterocycles. The van der Waals surface area contributed by atoms with Crippen molar-refractivity contribution in [1.29, 1.82) is 0 Å². The molecule has 7 heteroatoms. The lowest BCUT2D eigenvalue weighted by Gasteiger charge is -2.29. The Labute approximate surface area is 179 Å². The highest BCUT2D eigenvalue weighted by atomic mass is 32.2. The molecule has 6 nitrogen and oxygen atoms in total. The number of carbonyl (C=O) groups excluding carboxylic acids is 1. The lowest BCUT2D eigenvalue weighted by Crippen LogP contribution is -2.47. The molecule has 162 valence electrons. The van der Waals surface area contributed by atoms with Crippen molar-refractivity contribution in [3.8, 4) is 0 Å². The number of nitrogens with one attached hydrogen (secondary N) is 1. The van der Waals surface area contributed by atoms with Crippen molar-refractivity contribution >= 4 is 15.9 Å². The van der Waals surface area contributed by atoms with Crippen LogP contribution in [0.2, 0.25) is 0 Å². The van der Waals surface area contributed by atoms with Gasteiger partial charge in [-0.2, -0.15) is 4.31 Å². The average Bonchev–Trinajstić information content (AvgIpc) is 2.77. The Morgan fingerprint density at radius 3 is 2.40 bits per heavy atom. The molecular weight excluding hydrogens is 398 g/mol. The third-order valence-electron chi connectivity index (χ3n) is 5.46. The van der Waals surface area contributed by atoms with Crippen molar-refractivity contribution in [1.82, 2.24) is 14.5 Å². The van der Waals surface area contributed by atoms with E-state index < -0.39 is 10.0 Å². The summed E-state index contributed by atoms with van der Waals surface area (Å²) >= 11 is 0. The molecule has 2 aromatic carbocycles. The number of rotatable bonds is 8.